The Hall–Kier alpha value is -1.25. The summed E-state index contributed by atoms with van der Waals surface area (Å²) in [4.78, 5) is 6.47. The molecular weight excluding hydrogens is 162 g/mol. The smallest absolute Gasteiger partial charge is 0.151 e. The predicted octanol–water partition coefficient (Wildman–Crippen LogP) is 1.82. The third-order valence-electron chi connectivity index (χ3n) is 2.09. The first kappa shape index (κ1) is 9.84. The van der Waals surface area contributed by atoms with Crippen LogP contribution in [0.5, 0.6) is 0 Å². The lowest BCUT2D eigenvalue weighted by molar-refractivity contribution is 0.847. The van der Waals surface area contributed by atoms with E-state index in [1.807, 2.05) is 19.2 Å². The Bertz CT molecular complexity index is 279. The van der Waals surface area contributed by atoms with Crippen molar-refractivity contribution in [2.24, 2.45) is 0 Å². The van der Waals surface area contributed by atoms with Gasteiger partial charge in [0.05, 0.1) is 5.69 Å². The maximum atomic E-state index is 5.87. The van der Waals surface area contributed by atoms with E-state index >= 15 is 0 Å². The summed E-state index contributed by atoms with van der Waals surface area (Å²) in [6, 6.07) is 1.96. The molecule has 13 heavy (non-hydrogen) atoms. The molecule has 1 rings (SSSR count). The molecule has 0 saturated heterocycles. The van der Waals surface area contributed by atoms with Gasteiger partial charge in [0.1, 0.15) is 0 Å². The van der Waals surface area contributed by atoms with Crippen molar-refractivity contribution in [1.82, 2.24) is 4.98 Å². The molecular formula is C10H17N3. The van der Waals surface area contributed by atoms with E-state index in [0.29, 0.717) is 0 Å². The summed E-state index contributed by atoms with van der Waals surface area (Å²) in [6.45, 7) is 8.08. The van der Waals surface area contributed by atoms with Gasteiger partial charge in [-0.1, -0.05) is 0 Å². The first-order chi connectivity index (χ1) is 6.19. The van der Waals surface area contributed by atoms with Crippen LogP contribution in [0.3, 0.4) is 0 Å². The number of nitrogen functional groups attached to an aromatic ring is 1. The average Bonchev–Trinajstić information content (AvgIpc) is 2.10. The molecule has 1 aromatic rings. The fourth-order valence-corrected chi connectivity index (χ4v) is 1.37. The lowest BCUT2D eigenvalue weighted by atomic mass is 10.2. The third-order valence-corrected chi connectivity index (χ3v) is 2.09. The minimum absolute atomic E-state index is 0.767. The van der Waals surface area contributed by atoms with Gasteiger partial charge in [0, 0.05) is 19.3 Å². The van der Waals surface area contributed by atoms with Gasteiger partial charge >= 0.3 is 0 Å². The van der Waals surface area contributed by atoms with Crippen LogP contribution in [0.25, 0.3) is 0 Å². The second kappa shape index (κ2) is 4.12. The third kappa shape index (κ3) is 2.11. The molecule has 0 saturated carbocycles. The van der Waals surface area contributed by atoms with Crippen molar-refractivity contribution in [3.8, 4) is 0 Å². The van der Waals surface area contributed by atoms with Crippen molar-refractivity contribution < 1.29 is 0 Å². The van der Waals surface area contributed by atoms with Crippen molar-refractivity contribution in [3.63, 3.8) is 0 Å². The number of hydrogen-bond donors (Lipinski definition) is 1. The Morgan fingerprint density at radius 2 is 2.00 bits per heavy atom. The summed E-state index contributed by atoms with van der Waals surface area (Å²) in [5, 5.41) is 0. The van der Waals surface area contributed by atoms with Gasteiger partial charge in [0.25, 0.3) is 0 Å². The molecule has 0 aromatic carbocycles. The highest BCUT2D eigenvalue weighted by molar-refractivity contribution is 5.63. The molecule has 0 spiro atoms. The SMILES string of the molecule is CCN(CC)c1ncc(C)cc1N. The standard InChI is InChI=1S/C10H17N3/c1-4-13(5-2)10-9(11)6-8(3)7-12-10/h6-7H,4-5,11H2,1-3H3. The topological polar surface area (TPSA) is 42.2 Å². The van der Waals surface area contributed by atoms with E-state index < -0.39 is 0 Å². The number of pyridine rings is 1. The average molecular weight is 179 g/mol. The zero-order valence-electron chi connectivity index (χ0n) is 8.54. The zero-order chi connectivity index (χ0) is 9.84. The van der Waals surface area contributed by atoms with Gasteiger partial charge in [-0.25, -0.2) is 4.98 Å². The molecule has 0 aliphatic heterocycles. The Balaban J connectivity index is 2.99. The Morgan fingerprint density at radius 3 is 2.46 bits per heavy atom. The second-order valence-electron chi connectivity index (χ2n) is 3.10. The van der Waals surface area contributed by atoms with Crippen LogP contribution in [0.1, 0.15) is 19.4 Å². The van der Waals surface area contributed by atoms with Gasteiger partial charge in [0.2, 0.25) is 0 Å². The molecule has 0 aliphatic carbocycles. The summed E-state index contributed by atoms with van der Waals surface area (Å²) >= 11 is 0. The van der Waals surface area contributed by atoms with Crippen molar-refractivity contribution in [1.29, 1.82) is 0 Å². The molecule has 0 fully saturated rings. The minimum Gasteiger partial charge on any atom is -0.396 e. The zero-order valence-corrected chi connectivity index (χ0v) is 8.54. The molecule has 1 aromatic heterocycles. The number of aryl methyl sites for hydroxylation is 1. The van der Waals surface area contributed by atoms with E-state index in [4.69, 9.17) is 5.73 Å². The minimum atomic E-state index is 0.767. The summed E-state index contributed by atoms with van der Waals surface area (Å²) in [7, 11) is 0. The maximum Gasteiger partial charge on any atom is 0.151 e. The molecule has 3 heteroatoms. The number of aromatic nitrogens is 1. The summed E-state index contributed by atoms with van der Waals surface area (Å²) in [5.74, 6) is 0.899. The highest BCUT2D eigenvalue weighted by atomic mass is 15.2. The van der Waals surface area contributed by atoms with Crippen LogP contribution >= 0.6 is 0 Å². The molecule has 0 radical (unpaired) electrons. The summed E-state index contributed by atoms with van der Waals surface area (Å²) in [6.07, 6.45) is 1.85. The molecule has 0 atom stereocenters. The van der Waals surface area contributed by atoms with E-state index in [1.54, 1.807) is 0 Å². The van der Waals surface area contributed by atoms with Crippen LogP contribution in [0.15, 0.2) is 12.3 Å². The predicted molar refractivity (Wildman–Crippen MR) is 56.9 cm³/mol. The van der Waals surface area contributed by atoms with Crippen LogP contribution in [-0.4, -0.2) is 18.1 Å². The highest BCUT2D eigenvalue weighted by Crippen LogP contribution is 2.20. The van der Waals surface area contributed by atoms with Crippen molar-refractivity contribution in [2.75, 3.05) is 23.7 Å². The molecule has 3 nitrogen and oxygen atoms in total. The molecule has 0 bridgehead atoms. The van der Waals surface area contributed by atoms with Crippen molar-refractivity contribution in [2.45, 2.75) is 20.8 Å². The van der Waals surface area contributed by atoms with Crippen molar-refractivity contribution >= 4 is 11.5 Å². The van der Waals surface area contributed by atoms with E-state index in [1.165, 1.54) is 0 Å². The normalized spacial score (nSPS) is 10.1. The number of hydrogen-bond acceptors (Lipinski definition) is 3. The molecule has 0 amide bonds. The van der Waals surface area contributed by atoms with Gasteiger partial charge in [-0.2, -0.15) is 0 Å². The molecule has 0 unspecified atom stereocenters. The Kier molecular flexibility index (Phi) is 3.12. The van der Waals surface area contributed by atoms with Gasteiger partial charge in [-0.05, 0) is 32.4 Å². The fraction of sp³-hybridized carbons (Fsp3) is 0.500. The quantitative estimate of drug-likeness (QED) is 0.769. The van der Waals surface area contributed by atoms with Gasteiger partial charge in [-0.3, -0.25) is 0 Å². The van der Waals surface area contributed by atoms with E-state index in [9.17, 15) is 0 Å². The fourth-order valence-electron chi connectivity index (χ4n) is 1.37. The molecule has 0 aliphatic rings. The van der Waals surface area contributed by atoms with Crippen LogP contribution < -0.4 is 10.6 Å². The maximum absolute atomic E-state index is 5.87. The largest absolute Gasteiger partial charge is 0.396 e. The van der Waals surface area contributed by atoms with E-state index in [-0.39, 0.29) is 0 Å². The number of nitrogens with zero attached hydrogens (tertiary/aromatic N) is 2. The van der Waals surface area contributed by atoms with Crippen LogP contribution in [0, 0.1) is 6.92 Å². The van der Waals surface area contributed by atoms with Crippen LogP contribution in [-0.2, 0) is 0 Å². The Labute approximate surface area is 79.6 Å². The number of rotatable bonds is 3. The van der Waals surface area contributed by atoms with Gasteiger partial charge in [-0.15, -0.1) is 0 Å². The first-order valence-corrected chi connectivity index (χ1v) is 4.66. The monoisotopic (exact) mass is 179 g/mol. The van der Waals surface area contributed by atoms with E-state index in [2.05, 4.69) is 23.7 Å². The van der Waals surface area contributed by atoms with E-state index in [0.717, 1.165) is 30.2 Å². The second-order valence-corrected chi connectivity index (χ2v) is 3.10. The van der Waals surface area contributed by atoms with Gasteiger partial charge < -0.3 is 10.6 Å². The number of nitrogens with two attached hydrogens (primary N) is 1. The van der Waals surface area contributed by atoms with Crippen LogP contribution in [0.2, 0.25) is 0 Å². The lowest BCUT2D eigenvalue weighted by Crippen LogP contribution is -2.24. The van der Waals surface area contributed by atoms with Crippen molar-refractivity contribution in [3.05, 3.63) is 17.8 Å². The molecule has 1 heterocycles. The van der Waals surface area contributed by atoms with Gasteiger partial charge in [0.15, 0.2) is 5.82 Å². The first-order valence-electron chi connectivity index (χ1n) is 4.66. The summed E-state index contributed by atoms with van der Waals surface area (Å²) in [5.41, 5.74) is 7.74. The Morgan fingerprint density at radius 1 is 1.38 bits per heavy atom. The number of anilines is 2. The molecule has 2 N–H and O–H groups in total. The summed E-state index contributed by atoms with van der Waals surface area (Å²) < 4.78 is 0. The highest BCUT2D eigenvalue weighted by Gasteiger charge is 2.06. The van der Waals surface area contributed by atoms with Crippen LogP contribution in [0.4, 0.5) is 11.5 Å². The lowest BCUT2D eigenvalue weighted by Gasteiger charge is -2.21. The molecule has 72 valence electrons.